The van der Waals surface area contributed by atoms with Crippen LogP contribution in [0, 0.1) is 0 Å². The van der Waals surface area contributed by atoms with Crippen LogP contribution in [-0.4, -0.2) is 48.6 Å². The summed E-state index contributed by atoms with van der Waals surface area (Å²) in [5.41, 5.74) is 9.00. The number of esters is 2. The smallest absolute Gasteiger partial charge is 0.305 e. The largest absolute Gasteiger partial charge is 0.466 e. The first kappa shape index (κ1) is 32.9. The summed E-state index contributed by atoms with van der Waals surface area (Å²) in [6.07, 6.45) is 11.3. The molecule has 0 heterocycles. The van der Waals surface area contributed by atoms with Crippen LogP contribution in [0.3, 0.4) is 0 Å². The molecule has 0 radical (unpaired) electrons. The van der Waals surface area contributed by atoms with Crippen molar-refractivity contribution in [3.8, 4) is 11.1 Å². The molecule has 0 saturated carbocycles. The van der Waals surface area contributed by atoms with E-state index >= 15 is 0 Å². The predicted octanol–water partition coefficient (Wildman–Crippen LogP) is 7.59. The molecule has 6 heteroatoms. The van der Waals surface area contributed by atoms with Crippen LogP contribution in [0.1, 0.15) is 92.9 Å². The maximum absolute atomic E-state index is 13.3. The highest BCUT2D eigenvalue weighted by molar-refractivity contribution is 5.88. The molecule has 0 spiro atoms. The first-order valence-corrected chi connectivity index (χ1v) is 17.3. The summed E-state index contributed by atoms with van der Waals surface area (Å²) in [7, 11) is 0. The molecule has 3 aromatic rings. The van der Waals surface area contributed by atoms with Crippen LogP contribution < -0.4 is 0 Å². The van der Waals surface area contributed by atoms with Crippen LogP contribution in [0.15, 0.2) is 90.5 Å². The number of carbonyl (C=O) groups excluding carboxylic acids is 2. The molecule has 1 unspecified atom stereocenters. The minimum absolute atomic E-state index is 0.0843. The fourth-order valence-electron chi connectivity index (χ4n) is 8.34. The van der Waals surface area contributed by atoms with E-state index in [0.29, 0.717) is 58.2 Å². The average molecular weight is 635 g/mol. The van der Waals surface area contributed by atoms with Crippen molar-refractivity contribution in [2.45, 2.75) is 81.5 Å². The second-order valence-corrected chi connectivity index (χ2v) is 13.1. The average Bonchev–Trinajstić information content (AvgIpc) is 3.54. The number of fused-ring (bicyclic) bond motifs is 5. The van der Waals surface area contributed by atoms with Gasteiger partial charge in [0.2, 0.25) is 0 Å². The molecule has 6 rings (SSSR count). The van der Waals surface area contributed by atoms with Gasteiger partial charge in [-0.1, -0.05) is 90.5 Å². The third-order valence-electron chi connectivity index (χ3n) is 10.4. The van der Waals surface area contributed by atoms with E-state index in [-0.39, 0.29) is 38.0 Å². The molecule has 6 nitrogen and oxygen atoms in total. The Morgan fingerprint density at radius 3 is 1.68 bits per heavy atom. The van der Waals surface area contributed by atoms with E-state index in [1.54, 1.807) is 0 Å². The maximum atomic E-state index is 13.3. The Hall–Kier alpha value is -4.00. The molecule has 0 aromatic heterocycles. The van der Waals surface area contributed by atoms with Crippen molar-refractivity contribution in [2.75, 3.05) is 26.4 Å². The summed E-state index contributed by atoms with van der Waals surface area (Å²) in [6.45, 7) is 0.786. The lowest BCUT2D eigenvalue weighted by molar-refractivity contribution is -0.144. The van der Waals surface area contributed by atoms with E-state index in [4.69, 9.17) is 19.7 Å². The number of aliphatic hydroxyl groups is 2. The van der Waals surface area contributed by atoms with Gasteiger partial charge >= 0.3 is 11.9 Å². The highest BCUT2D eigenvalue weighted by atomic mass is 16.5. The Morgan fingerprint density at radius 2 is 1.13 bits per heavy atom. The maximum Gasteiger partial charge on any atom is 0.305 e. The zero-order valence-electron chi connectivity index (χ0n) is 27.2. The van der Waals surface area contributed by atoms with E-state index in [9.17, 15) is 9.59 Å². The summed E-state index contributed by atoms with van der Waals surface area (Å²) >= 11 is 0. The second kappa shape index (κ2) is 14.8. The lowest BCUT2D eigenvalue weighted by atomic mass is 9.58. The third-order valence-corrected chi connectivity index (χ3v) is 10.4. The predicted molar refractivity (Wildman–Crippen MR) is 184 cm³/mol. The molecule has 3 aliphatic carbocycles. The number of benzene rings is 3. The number of carbonyl (C=O) groups is 2. The van der Waals surface area contributed by atoms with Gasteiger partial charge in [0.1, 0.15) is 0 Å². The molecule has 246 valence electrons. The minimum atomic E-state index is -0.501. The Kier molecular flexibility index (Phi) is 10.4. The van der Waals surface area contributed by atoms with Gasteiger partial charge in [0.25, 0.3) is 0 Å². The van der Waals surface area contributed by atoms with Gasteiger partial charge < -0.3 is 19.7 Å². The highest BCUT2D eigenvalue weighted by Crippen LogP contribution is 2.62. The van der Waals surface area contributed by atoms with Gasteiger partial charge in [0.15, 0.2) is 0 Å². The van der Waals surface area contributed by atoms with Crippen molar-refractivity contribution in [1.82, 2.24) is 0 Å². The number of allylic oxidation sites excluding steroid dienone is 4. The molecule has 0 amide bonds. The molecule has 1 atom stereocenters. The molecule has 0 fully saturated rings. The van der Waals surface area contributed by atoms with Crippen molar-refractivity contribution < 1.29 is 29.3 Å². The summed E-state index contributed by atoms with van der Waals surface area (Å²) in [4.78, 5) is 26.5. The Morgan fingerprint density at radius 1 is 0.638 bits per heavy atom. The Labute approximate surface area is 278 Å². The zero-order valence-corrected chi connectivity index (χ0v) is 27.2. The van der Waals surface area contributed by atoms with Crippen molar-refractivity contribution in [3.05, 3.63) is 113 Å². The number of unbranched alkanes of at least 4 members (excludes halogenated alkanes) is 2. The van der Waals surface area contributed by atoms with Crippen molar-refractivity contribution in [3.63, 3.8) is 0 Å². The number of hydrogen-bond acceptors (Lipinski definition) is 6. The van der Waals surface area contributed by atoms with Crippen LogP contribution in [-0.2, 0) is 29.9 Å². The van der Waals surface area contributed by atoms with Crippen molar-refractivity contribution in [2.24, 2.45) is 0 Å². The standard InChI is InChI=1S/C41H46O6/c42-25-9-11-27-46-38(44)21-23-40(34-17-5-1-13-30(34)31-14-2-6-18-35(31)40)29-41(24-22-39(45)47-28-12-10-26-43)36-19-7-3-15-32(36)33-16-4-8-20-37(33)41/h1-7,13-19,42-43H,8-12,20-29H2. The molecule has 3 aliphatic rings. The van der Waals surface area contributed by atoms with Crippen LogP contribution in [0.5, 0.6) is 0 Å². The van der Waals surface area contributed by atoms with E-state index in [2.05, 4.69) is 84.9 Å². The number of ether oxygens (including phenoxy) is 2. The fraction of sp³-hybridized carbons (Fsp3) is 0.415. The molecule has 2 N–H and O–H groups in total. The quantitative estimate of drug-likeness (QED) is 0.125. The minimum Gasteiger partial charge on any atom is -0.466 e. The Bertz CT molecular complexity index is 1610. The van der Waals surface area contributed by atoms with Crippen LogP contribution in [0.25, 0.3) is 16.7 Å². The van der Waals surface area contributed by atoms with Crippen LogP contribution >= 0.6 is 0 Å². The second-order valence-electron chi connectivity index (χ2n) is 13.1. The van der Waals surface area contributed by atoms with Crippen molar-refractivity contribution in [1.29, 1.82) is 0 Å². The lowest BCUT2D eigenvalue weighted by Gasteiger charge is -2.44. The van der Waals surface area contributed by atoms with Crippen molar-refractivity contribution >= 4 is 17.5 Å². The SMILES string of the molecule is O=C(CCC1(CC2(CCC(=O)OCCCCO)c3ccccc3-c3ccccc32)C2=C(C=CCC2)c2ccccc21)OCCCCO. The topological polar surface area (TPSA) is 93.1 Å². The van der Waals surface area contributed by atoms with Gasteiger partial charge in [-0.2, -0.15) is 0 Å². The molecular formula is C41H46O6. The monoisotopic (exact) mass is 634 g/mol. The van der Waals surface area contributed by atoms with Crippen LogP contribution in [0.4, 0.5) is 0 Å². The third kappa shape index (κ3) is 6.46. The van der Waals surface area contributed by atoms with Gasteiger partial charge in [-0.05, 0) is 96.7 Å². The van der Waals surface area contributed by atoms with E-state index in [0.717, 1.165) is 12.8 Å². The molecule has 47 heavy (non-hydrogen) atoms. The zero-order chi connectivity index (χ0) is 32.7. The summed E-state index contributed by atoms with van der Waals surface area (Å²) in [5, 5.41) is 18.3. The molecule has 0 saturated heterocycles. The van der Waals surface area contributed by atoms with E-state index in [1.807, 2.05) is 0 Å². The van der Waals surface area contributed by atoms with Gasteiger partial charge in [-0.15, -0.1) is 0 Å². The normalized spacial score (nSPS) is 18.3. The summed E-state index contributed by atoms with van der Waals surface area (Å²) in [5.74, 6) is -0.440. The fourth-order valence-corrected chi connectivity index (χ4v) is 8.34. The molecular weight excluding hydrogens is 588 g/mol. The number of hydrogen-bond donors (Lipinski definition) is 2. The first-order chi connectivity index (χ1) is 23.0. The number of rotatable bonds is 16. The Balaban J connectivity index is 1.44. The van der Waals surface area contributed by atoms with Gasteiger partial charge in [0.05, 0.1) is 13.2 Å². The first-order valence-electron chi connectivity index (χ1n) is 17.3. The summed E-state index contributed by atoms with van der Waals surface area (Å²) in [6, 6.07) is 25.8. The van der Waals surface area contributed by atoms with Gasteiger partial charge in [-0.25, -0.2) is 0 Å². The van der Waals surface area contributed by atoms with Gasteiger partial charge in [-0.3, -0.25) is 9.59 Å². The van der Waals surface area contributed by atoms with Gasteiger partial charge in [0, 0.05) is 36.9 Å². The van der Waals surface area contributed by atoms with Crippen LogP contribution in [0.2, 0.25) is 0 Å². The summed E-state index contributed by atoms with van der Waals surface area (Å²) < 4.78 is 11.3. The van der Waals surface area contributed by atoms with E-state index < -0.39 is 10.8 Å². The lowest BCUT2D eigenvalue weighted by Crippen LogP contribution is -2.39. The van der Waals surface area contributed by atoms with E-state index in [1.165, 1.54) is 44.5 Å². The molecule has 0 aliphatic heterocycles. The molecule has 0 bridgehead atoms. The highest BCUT2D eigenvalue weighted by Gasteiger charge is 2.53. The molecule has 3 aromatic carbocycles. The number of aliphatic hydroxyl groups excluding tert-OH is 2.